The van der Waals surface area contributed by atoms with Gasteiger partial charge in [-0.1, -0.05) is 11.6 Å². The Hall–Kier alpha value is -2.86. The van der Waals surface area contributed by atoms with Crippen LogP contribution in [-0.2, 0) is 0 Å². The maximum absolute atomic E-state index is 11.5. The largest absolute Gasteiger partial charge is 0.481 e. The number of carbonyl (C=O) groups excluding carboxylic acids is 1. The Labute approximate surface area is 137 Å². The van der Waals surface area contributed by atoms with Gasteiger partial charge in [-0.3, -0.25) is 9.36 Å². The second-order valence-electron chi connectivity index (χ2n) is 4.74. The first-order valence-electron chi connectivity index (χ1n) is 6.73. The number of nitrogens with two attached hydrogens (primary N) is 1. The summed E-state index contributed by atoms with van der Waals surface area (Å²) in [6.07, 6.45) is 5.10. The molecule has 3 aromatic rings. The van der Waals surface area contributed by atoms with Crippen LogP contribution >= 0.6 is 11.6 Å². The number of pyridine rings is 1. The van der Waals surface area contributed by atoms with E-state index in [2.05, 4.69) is 9.97 Å². The van der Waals surface area contributed by atoms with Gasteiger partial charge in [0.15, 0.2) is 0 Å². The van der Waals surface area contributed by atoms with Gasteiger partial charge in [0, 0.05) is 35.9 Å². The molecule has 0 saturated heterocycles. The van der Waals surface area contributed by atoms with Crippen LogP contribution in [0.1, 0.15) is 10.4 Å². The van der Waals surface area contributed by atoms with Crippen molar-refractivity contribution >= 4 is 17.5 Å². The molecule has 0 aliphatic carbocycles. The zero-order valence-electron chi connectivity index (χ0n) is 12.2. The number of hydrogen-bond acceptors (Lipinski definition) is 4. The molecule has 3 rings (SSSR count). The molecule has 0 saturated carbocycles. The van der Waals surface area contributed by atoms with E-state index in [0.717, 1.165) is 11.3 Å². The Kier molecular flexibility index (Phi) is 3.99. The number of benzene rings is 1. The maximum Gasteiger partial charge on any atom is 0.250 e. The number of hydrogen-bond donors (Lipinski definition) is 1. The normalized spacial score (nSPS) is 10.5. The topological polar surface area (TPSA) is 83.0 Å². The summed E-state index contributed by atoms with van der Waals surface area (Å²) in [5.74, 6) is 0.596. The highest BCUT2D eigenvalue weighted by atomic mass is 35.5. The molecule has 2 heterocycles. The summed E-state index contributed by atoms with van der Waals surface area (Å²) >= 11 is 6.00. The summed E-state index contributed by atoms with van der Waals surface area (Å²) in [6.45, 7) is 0. The van der Waals surface area contributed by atoms with Gasteiger partial charge in [0.1, 0.15) is 5.82 Å². The Balaban J connectivity index is 2.11. The van der Waals surface area contributed by atoms with Gasteiger partial charge in [-0.2, -0.15) is 0 Å². The van der Waals surface area contributed by atoms with Crippen molar-refractivity contribution in [2.45, 2.75) is 0 Å². The predicted octanol–water partition coefficient (Wildman–Crippen LogP) is 2.70. The number of carbonyl (C=O) groups is 1. The first kappa shape index (κ1) is 15.1. The Morgan fingerprint density at radius 2 is 2.04 bits per heavy atom. The van der Waals surface area contributed by atoms with Crippen LogP contribution < -0.4 is 10.5 Å². The minimum absolute atomic E-state index is 0.260. The molecule has 0 bridgehead atoms. The second-order valence-corrected chi connectivity index (χ2v) is 5.14. The number of aromatic nitrogens is 3. The van der Waals surface area contributed by atoms with Gasteiger partial charge in [-0.25, -0.2) is 9.97 Å². The van der Waals surface area contributed by atoms with E-state index >= 15 is 0 Å². The lowest BCUT2D eigenvalue weighted by Gasteiger charge is -2.10. The zero-order chi connectivity index (χ0) is 16.4. The van der Waals surface area contributed by atoms with Crippen molar-refractivity contribution in [3.8, 4) is 23.0 Å². The molecule has 0 unspecified atom stereocenters. The predicted molar refractivity (Wildman–Crippen MR) is 86.9 cm³/mol. The molecule has 0 aliphatic rings. The summed E-state index contributed by atoms with van der Waals surface area (Å²) < 4.78 is 6.97. The number of rotatable bonds is 4. The minimum Gasteiger partial charge on any atom is -0.481 e. The lowest BCUT2D eigenvalue weighted by Crippen LogP contribution is -2.12. The van der Waals surface area contributed by atoms with Crippen LogP contribution in [-0.4, -0.2) is 27.6 Å². The van der Waals surface area contributed by atoms with E-state index in [9.17, 15) is 4.79 Å². The first-order chi connectivity index (χ1) is 11.1. The molecule has 0 radical (unpaired) electrons. The minimum atomic E-state index is -0.580. The van der Waals surface area contributed by atoms with Gasteiger partial charge in [0.25, 0.3) is 0 Å². The van der Waals surface area contributed by atoms with E-state index in [4.69, 9.17) is 22.1 Å². The molecular weight excluding hydrogens is 316 g/mol. The zero-order valence-corrected chi connectivity index (χ0v) is 13.0. The highest BCUT2D eigenvalue weighted by Gasteiger charge is 2.12. The van der Waals surface area contributed by atoms with Crippen LogP contribution in [0.3, 0.4) is 0 Å². The molecular formula is C16H13ClN4O2. The van der Waals surface area contributed by atoms with Crippen molar-refractivity contribution in [2.24, 2.45) is 5.73 Å². The number of nitrogens with zero attached hydrogens (tertiary/aromatic N) is 3. The molecule has 6 nitrogen and oxygen atoms in total. The molecule has 23 heavy (non-hydrogen) atoms. The smallest absolute Gasteiger partial charge is 0.250 e. The van der Waals surface area contributed by atoms with Crippen molar-refractivity contribution in [1.82, 2.24) is 14.5 Å². The molecule has 0 aliphatic heterocycles. The van der Waals surface area contributed by atoms with Crippen molar-refractivity contribution < 1.29 is 9.53 Å². The number of ether oxygens (including phenoxy) is 1. The van der Waals surface area contributed by atoms with Crippen molar-refractivity contribution in [3.05, 3.63) is 59.5 Å². The van der Waals surface area contributed by atoms with Gasteiger partial charge < -0.3 is 10.5 Å². The molecule has 2 aromatic heterocycles. The fraction of sp³-hybridized carbons (Fsp3) is 0.0625. The van der Waals surface area contributed by atoms with Crippen LogP contribution in [0.2, 0.25) is 5.02 Å². The average Bonchev–Trinajstić information content (AvgIpc) is 3.04. The number of halogens is 1. The lowest BCUT2D eigenvalue weighted by atomic mass is 10.1. The third-order valence-electron chi connectivity index (χ3n) is 3.34. The second kappa shape index (κ2) is 6.10. The van der Waals surface area contributed by atoms with E-state index in [1.165, 1.54) is 0 Å². The molecule has 0 fully saturated rings. The van der Waals surface area contributed by atoms with Crippen molar-refractivity contribution in [1.29, 1.82) is 0 Å². The third kappa shape index (κ3) is 2.89. The maximum atomic E-state index is 11.5. The average molecular weight is 329 g/mol. The Bertz CT molecular complexity index is 876. The van der Waals surface area contributed by atoms with E-state index in [0.29, 0.717) is 16.7 Å². The molecule has 1 amide bonds. The standard InChI is InChI=1S/C16H13ClN4O2/c1-23-14-8-10(4-5-19-14)16-20-6-7-21(16)11-2-3-13(17)12(9-11)15(18)22/h2-9H,1H3,(H2,18,22). The third-order valence-corrected chi connectivity index (χ3v) is 3.67. The molecule has 0 spiro atoms. The van der Waals surface area contributed by atoms with E-state index in [-0.39, 0.29) is 5.56 Å². The van der Waals surface area contributed by atoms with Gasteiger partial charge in [0.05, 0.1) is 17.7 Å². The number of primary amides is 1. The highest BCUT2D eigenvalue weighted by molar-refractivity contribution is 6.33. The van der Waals surface area contributed by atoms with Crippen LogP contribution in [0.15, 0.2) is 48.9 Å². The van der Waals surface area contributed by atoms with E-state index in [1.807, 2.05) is 10.6 Å². The van der Waals surface area contributed by atoms with Gasteiger partial charge in [-0.15, -0.1) is 0 Å². The van der Waals surface area contributed by atoms with E-state index in [1.54, 1.807) is 50.0 Å². The number of methoxy groups -OCH3 is 1. The summed E-state index contributed by atoms with van der Waals surface area (Å²) in [5, 5.41) is 0.313. The molecule has 116 valence electrons. The highest BCUT2D eigenvalue weighted by Crippen LogP contribution is 2.26. The van der Waals surface area contributed by atoms with Crippen LogP contribution in [0.5, 0.6) is 5.88 Å². The molecule has 0 atom stereocenters. The van der Waals surface area contributed by atoms with Gasteiger partial charge in [-0.05, 0) is 24.3 Å². The SMILES string of the molecule is COc1cc(-c2nccn2-c2ccc(Cl)c(C(N)=O)c2)ccn1. The number of imidazole rings is 1. The number of amides is 1. The van der Waals surface area contributed by atoms with Crippen LogP contribution in [0, 0.1) is 0 Å². The molecule has 2 N–H and O–H groups in total. The van der Waals surface area contributed by atoms with Gasteiger partial charge >= 0.3 is 0 Å². The van der Waals surface area contributed by atoms with Crippen molar-refractivity contribution in [3.63, 3.8) is 0 Å². The quantitative estimate of drug-likeness (QED) is 0.798. The Morgan fingerprint density at radius 1 is 1.22 bits per heavy atom. The fourth-order valence-electron chi connectivity index (χ4n) is 2.24. The monoisotopic (exact) mass is 328 g/mol. The Morgan fingerprint density at radius 3 is 2.78 bits per heavy atom. The lowest BCUT2D eigenvalue weighted by molar-refractivity contribution is 0.100. The van der Waals surface area contributed by atoms with Gasteiger partial charge in [0.2, 0.25) is 11.8 Å². The van der Waals surface area contributed by atoms with Crippen LogP contribution in [0.4, 0.5) is 0 Å². The van der Waals surface area contributed by atoms with Crippen LogP contribution in [0.25, 0.3) is 17.1 Å². The summed E-state index contributed by atoms with van der Waals surface area (Å²) in [6, 6.07) is 8.66. The van der Waals surface area contributed by atoms with Crippen molar-refractivity contribution in [2.75, 3.05) is 7.11 Å². The summed E-state index contributed by atoms with van der Waals surface area (Å²) in [7, 11) is 1.55. The first-order valence-corrected chi connectivity index (χ1v) is 7.11. The van der Waals surface area contributed by atoms with E-state index < -0.39 is 5.91 Å². The molecule has 7 heteroatoms. The summed E-state index contributed by atoms with van der Waals surface area (Å²) in [5.41, 5.74) is 7.17. The fourth-order valence-corrected chi connectivity index (χ4v) is 2.45. The molecule has 1 aromatic carbocycles. The summed E-state index contributed by atoms with van der Waals surface area (Å²) in [4.78, 5) is 19.9.